The fourth-order valence-corrected chi connectivity index (χ4v) is 3.16. The van der Waals surface area contributed by atoms with Gasteiger partial charge in [-0.2, -0.15) is 0 Å². The van der Waals surface area contributed by atoms with E-state index < -0.39 is 0 Å². The van der Waals surface area contributed by atoms with E-state index in [1.54, 1.807) is 24.3 Å². The number of nitrogens with zero attached hydrogens (tertiary/aromatic N) is 1. The van der Waals surface area contributed by atoms with Crippen molar-refractivity contribution in [2.75, 3.05) is 23.3 Å². The molecule has 3 rings (SSSR count). The molecule has 0 saturated carbocycles. The highest BCUT2D eigenvalue weighted by Gasteiger charge is 2.16. The maximum atomic E-state index is 13.3. The quantitative estimate of drug-likeness (QED) is 0.426. The van der Waals surface area contributed by atoms with Crippen molar-refractivity contribution in [1.82, 2.24) is 5.32 Å². The van der Waals surface area contributed by atoms with Crippen molar-refractivity contribution >= 4 is 46.5 Å². The third-order valence-corrected chi connectivity index (χ3v) is 5.17. The molecule has 0 atom stereocenters. The van der Waals surface area contributed by atoms with Gasteiger partial charge in [-0.3, -0.25) is 9.69 Å². The van der Waals surface area contributed by atoms with Gasteiger partial charge in [-0.1, -0.05) is 41.4 Å². The molecule has 160 valence electrons. The molecule has 2 N–H and O–H groups in total. The Kier molecular flexibility index (Phi) is 7.87. The SMILES string of the molecule is O=C(NCCCN(C(=O)Nc1ccccc1)c1ccc(F)cc1)c1ccc(Cl)c(Cl)c1. The van der Waals surface area contributed by atoms with Crippen LogP contribution in [0.15, 0.2) is 72.8 Å². The van der Waals surface area contributed by atoms with Crippen LogP contribution in [-0.2, 0) is 0 Å². The molecular formula is C23H20Cl2FN3O2. The Bertz CT molecular complexity index is 1050. The number of nitrogens with one attached hydrogen (secondary N) is 2. The summed E-state index contributed by atoms with van der Waals surface area (Å²) in [6.45, 7) is 0.640. The van der Waals surface area contributed by atoms with Crippen LogP contribution in [0.25, 0.3) is 0 Å². The Labute approximate surface area is 189 Å². The van der Waals surface area contributed by atoms with Crippen LogP contribution in [0.5, 0.6) is 0 Å². The van der Waals surface area contributed by atoms with Gasteiger partial charge in [-0.15, -0.1) is 0 Å². The summed E-state index contributed by atoms with van der Waals surface area (Å²) in [5.74, 6) is -0.679. The number of amides is 3. The Morgan fingerprint density at radius 3 is 2.29 bits per heavy atom. The molecule has 3 amide bonds. The van der Waals surface area contributed by atoms with E-state index in [9.17, 15) is 14.0 Å². The lowest BCUT2D eigenvalue weighted by Gasteiger charge is -2.23. The second-order valence-electron chi connectivity index (χ2n) is 6.66. The maximum absolute atomic E-state index is 13.3. The normalized spacial score (nSPS) is 10.4. The summed E-state index contributed by atoms with van der Waals surface area (Å²) in [6.07, 6.45) is 0.479. The molecule has 0 radical (unpaired) electrons. The summed E-state index contributed by atoms with van der Waals surface area (Å²) < 4.78 is 13.3. The zero-order valence-corrected chi connectivity index (χ0v) is 18.0. The molecule has 0 aliphatic carbocycles. The highest BCUT2D eigenvalue weighted by atomic mass is 35.5. The lowest BCUT2D eigenvalue weighted by Crippen LogP contribution is -2.37. The molecule has 5 nitrogen and oxygen atoms in total. The molecule has 31 heavy (non-hydrogen) atoms. The number of halogens is 3. The van der Waals surface area contributed by atoms with Crippen LogP contribution in [0.4, 0.5) is 20.6 Å². The smallest absolute Gasteiger partial charge is 0.326 e. The van der Waals surface area contributed by atoms with Gasteiger partial charge in [0.05, 0.1) is 10.0 Å². The third kappa shape index (κ3) is 6.44. The first-order chi connectivity index (χ1) is 14.9. The van der Waals surface area contributed by atoms with Crippen molar-refractivity contribution < 1.29 is 14.0 Å². The van der Waals surface area contributed by atoms with Crippen LogP contribution in [0.3, 0.4) is 0 Å². The average Bonchev–Trinajstić information content (AvgIpc) is 2.77. The van der Waals surface area contributed by atoms with Crippen molar-refractivity contribution in [3.63, 3.8) is 0 Å². The van der Waals surface area contributed by atoms with Crippen molar-refractivity contribution in [1.29, 1.82) is 0 Å². The Morgan fingerprint density at radius 2 is 1.61 bits per heavy atom. The number of anilines is 2. The minimum absolute atomic E-state index is 0.291. The van der Waals surface area contributed by atoms with Gasteiger partial charge in [0.1, 0.15) is 5.82 Å². The highest BCUT2D eigenvalue weighted by Crippen LogP contribution is 2.22. The maximum Gasteiger partial charge on any atom is 0.326 e. The Morgan fingerprint density at radius 1 is 0.903 bits per heavy atom. The van der Waals surface area contributed by atoms with Gasteiger partial charge < -0.3 is 10.6 Å². The van der Waals surface area contributed by atoms with E-state index in [1.165, 1.54) is 35.2 Å². The first-order valence-corrected chi connectivity index (χ1v) is 10.3. The van der Waals surface area contributed by atoms with Gasteiger partial charge in [-0.25, -0.2) is 9.18 Å². The molecule has 0 saturated heterocycles. The monoisotopic (exact) mass is 459 g/mol. The molecule has 0 spiro atoms. The van der Waals surface area contributed by atoms with E-state index in [0.29, 0.717) is 46.5 Å². The van der Waals surface area contributed by atoms with E-state index in [4.69, 9.17) is 23.2 Å². The molecule has 3 aromatic carbocycles. The number of para-hydroxylation sites is 1. The molecule has 0 fully saturated rings. The molecular weight excluding hydrogens is 440 g/mol. The molecule has 0 heterocycles. The number of hydrogen-bond donors (Lipinski definition) is 2. The second-order valence-corrected chi connectivity index (χ2v) is 7.48. The molecule has 8 heteroatoms. The zero-order chi connectivity index (χ0) is 22.2. The van der Waals surface area contributed by atoms with Gasteiger partial charge in [0.2, 0.25) is 0 Å². The number of carbonyl (C=O) groups excluding carboxylic acids is 2. The fourth-order valence-electron chi connectivity index (χ4n) is 2.86. The van der Waals surface area contributed by atoms with Crippen LogP contribution in [-0.4, -0.2) is 25.0 Å². The van der Waals surface area contributed by atoms with E-state index >= 15 is 0 Å². The van der Waals surface area contributed by atoms with Crippen molar-refractivity contribution in [3.8, 4) is 0 Å². The van der Waals surface area contributed by atoms with Crippen molar-refractivity contribution in [2.24, 2.45) is 0 Å². The molecule has 0 aliphatic heterocycles. The van der Waals surface area contributed by atoms with E-state index in [1.807, 2.05) is 18.2 Å². The second kappa shape index (κ2) is 10.8. The summed E-state index contributed by atoms with van der Waals surface area (Å²) in [6, 6.07) is 19.0. The largest absolute Gasteiger partial charge is 0.352 e. The van der Waals surface area contributed by atoms with E-state index in [-0.39, 0.29) is 17.8 Å². The van der Waals surface area contributed by atoms with Crippen LogP contribution in [0.1, 0.15) is 16.8 Å². The van der Waals surface area contributed by atoms with Gasteiger partial charge in [0.25, 0.3) is 5.91 Å². The number of urea groups is 1. The molecule has 0 bridgehead atoms. The minimum Gasteiger partial charge on any atom is -0.352 e. The summed E-state index contributed by atoms with van der Waals surface area (Å²) in [4.78, 5) is 26.6. The Hall–Kier alpha value is -3.09. The van der Waals surface area contributed by atoms with Gasteiger partial charge >= 0.3 is 6.03 Å². The number of benzene rings is 3. The predicted octanol–water partition coefficient (Wildman–Crippen LogP) is 5.99. The summed E-state index contributed by atoms with van der Waals surface area (Å²) in [5, 5.41) is 6.29. The van der Waals surface area contributed by atoms with Gasteiger partial charge in [0, 0.05) is 30.0 Å². The van der Waals surface area contributed by atoms with Crippen molar-refractivity contribution in [2.45, 2.75) is 6.42 Å². The molecule has 0 aromatic heterocycles. The van der Waals surface area contributed by atoms with E-state index in [0.717, 1.165) is 0 Å². The predicted molar refractivity (Wildman–Crippen MR) is 123 cm³/mol. The first-order valence-electron chi connectivity index (χ1n) is 9.56. The van der Waals surface area contributed by atoms with Crippen LogP contribution in [0, 0.1) is 5.82 Å². The van der Waals surface area contributed by atoms with Gasteiger partial charge in [0.15, 0.2) is 0 Å². The van der Waals surface area contributed by atoms with E-state index in [2.05, 4.69) is 10.6 Å². The third-order valence-electron chi connectivity index (χ3n) is 4.43. The average molecular weight is 460 g/mol. The summed E-state index contributed by atoms with van der Waals surface area (Å²) in [7, 11) is 0. The zero-order valence-electron chi connectivity index (χ0n) is 16.4. The van der Waals surface area contributed by atoms with Crippen molar-refractivity contribution in [3.05, 3.63) is 94.2 Å². The lowest BCUT2D eigenvalue weighted by molar-refractivity contribution is 0.0953. The first kappa shape index (κ1) is 22.6. The van der Waals surface area contributed by atoms with Crippen LogP contribution >= 0.6 is 23.2 Å². The number of hydrogen-bond acceptors (Lipinski definition) is 2. The molecule has 0 aliphatic rings. The number of rotatable bonds is 7. The summed E-state index contributed by atoms with van der Waals surface area (Å²) in [5.41, 5.74) is 1.59. The van der Waals surface area contributed by atoms with Gasteiger partial charge in [-0.05, 0) is 61.0 Å². The standard InChI is InChI=1S/C23H20Cl2FN3O2/c24-20-12-7-16(15-21(20)25)22(30)27-13-4-14-29(19-10-8-17(26)9-11-19)23(31)28-18-5-2-1-3-6-18/h1-3,5-12,15H,4,13-14H2,(H,27,30)(H,28,31). The van der Waals surface area contributed by atoms with Crippen LogP contribution in [0.2, 0.25) is 10.0 Å². The number of carbonyl (C=O) groups is 2. The fraction of sp³-hybridized carbons (Fsp3) is 0.130. The molecule has 3 aromatic rings. The minimum atomic E-state index is -0.388. The highest BCUT2D eigenvalue weighted by molar-refractivity contribution is 6.42. The summed E-state index contributed by atoms with van der Waals surface area (Å²) >= 11 is 11.8. The van der Waals surface area contributed by atoms with Crippen LogP contribution < -0.4 is 15.5 Å². The Balaban J connectivity index is 1.61. The topological polar surface area (TPSA) is 61.4 Å². The lowest BCUT2D eigenvalue weighted by atomic mass is 10.2. The molecule has 0 unspecified atom stereocenters.